The summed E-state index contributed by atoms with van der Waals surface area (Å²) in [7, 11) is 1.36. The topological polar surface area (TPSA) is 53.4 Å². The van der Waals surface area contributed by atoms with Crippen LogP contribution in [0.3, 0.4) is 0 Å². The SMILES string of the molecule is C=CCc1ccc2ncn(-c3cc(O[C@H](C)c4ccccc4Cl)c(C(=O)OC)s3)c2c1. The van der Waals surface area contributed by atoms with Gasteiger partial charge < -0.3 is 9.47 Å². The Bertz CT molecular complexity index is 1260. The summed E-state index contributed by atoms with van der Waals surface area (Å²) >= 11 is 7.61. The van der Waals surface area contributed by atoms with E-state index in [4.69, 9.17) is 21.1 Å². The summed E-state index contributed by atoms with van der Waals surface area (Å²) in [6.07, 6.45) is 4.03. The first-order valence-corrected chi connectivity index (χ1v) is 10.9. The first kappa shape index (κ1) is 21.2. The second-order valence-electron chi connectivity index (χ2n) is 6.98. The van der Waals surface area contributed by atoms with Gasteiger partial charge in [0.25, 0.3) is 0 Å². The van der Waals surface area contributed by atoms with Gasteiger partial charge in [0.05, 0.1) is 18.1 Å². The zero-order chi connectivity index (χ0) is 22.0. The molecule has 2 heterocycles. The lowest BCUT2D eigenvalue weighted by Crippen LogP contribution is -2.07. The van der Waals surface area contributed by atoms with Crippen molar-refractivity contribution in [1.82, 2.24) is 9.55 Å². The van der Waals surface area contributed by atoms with E-state index in [1.54, 1.807) is 6.33 Å². The van der Waals surface area contributed by atoms with Gasteiger partial charge in [-0.15, -0.1) is 17.9 Å². The molecule has 0 bridgehead atoms. The number of carbonyl (C=O) groups is 1. The largest absolute Gasteiger partial charge is 0.484 e. The smallest absolute Gasteiger partial charge is 0.351 e. The number of benzene rings is 2. The molecule has 0 unspecified atom stereocenters. The number of hydrogen-bond donors (Lipinski definition) is 0. The summed E-state index contributed by atoms with van der Waals surface area (Å²) < 4.78 is 13.1. The number of ether oxygens (including phenoxy) is 2. The van der Waals surface area contributed by atoms with Gasteiger partial charge in [0.1, 0.15) is 23.2 Å². The maximum Gasteiger partial charge on any atom is 0.351 e. The zero-order valence-electron chi connectivity index (χ0n) is 17.2. The fraction of sp³-hybridized carbons (Fsp3) is 0.167. The molecule has 0 amide bonds. The molecule has 4 aromatic rings. The van der Waals surface area contributed by atoms with E-state index in [9.17, 15) is 4.79 Å². The lowest BCUT2D eigenvalue weighted by molar-refractivity contribution is 0.0600. The van der Waals surface area contributed by atoms with Gasteiger partial charge in [-0.3, -0.25) is 4.57 Å². The molecule has 158 valence electrons. The molecule has 0 saturated heterocycles. The summed E-state index contributed by atoms with van der Waals surface area (Å²) in [5.41, 5.74) is 3.79. The fourth-order valence-electron chi connectivity index (χ4n) is 3.38. The van der Waals surface area contributed by atoms with Crippen LogP contribution in [0.25, 0.3) is 16.0 Å². The molecule has 0 spiro atoms. The third-order valence-electron chi connectivity index (χ3n) is 4.93. The van der Waals surface area contributed by atoms with Crippen molar-refractivity contribution < 1.29 is 14.3 Å². The molecule has 2 aromatic carbocycles. The van der Waals surface area contributed by atoms with E-state index in [2.05, 4.69) is 17.6 Å². The van der Waals surface area contributed by atoms with Crippen molar-refractivity contribution in [3.05, 3.63) is 88.5 Å². The number of aromatic nitrogens is 2. The van der Waals surface area contributed by atoms with Gasteiger partial charge in [0.2, 0.25) is 0 Å². The van der Waals surface area contributed by atoms with Crippen molar-refractivity contribution in [3.8, 4) is 10.8 Å². The molecule has 0 fully saturated rings. The van der Waals surface area contributed by atoms with E-state index < -0.39 is 5.97 Å². The first-order valence-electron chi connectivity index (χ1n) is 9.72. The summed E-state index contributed by atoms with van der Waals surface area (Å²) in [5, 5.41) is 1.42. The van der Waals surface area contributed by atoms with Crippen LogP contribution in [0.1, 0.15) is 33.8 Å². The molecule has 2 aromatic heterocycles. The molecule has 0 saturated carbocycles. The Hall–Kier alpha value is -3.09. The maximum atomic E-state index is 12.5. The average Bonchev–Trinajstić information content (AvgIpc) is 3.37. The third kappa shape index (κ3) is 4.22. The van der Waals surface area contributed by atoms with Crippen LogP contribution in [0.15, 0.2) is 67.5 Å². The lowest BCUT2D eigenvalue weighted by Gasteiger charge is -2.16. The molecule has 0 radical (unpaired) electrons. The van der Waals surface area contributed by atoms with Crippen LogP contribution in [0.2, 0.25) is 5.02 Å². The number of esters is 1. The number of thiophene rings is 1. The number of hydrogen-bond acceptors (Lipinski definition) is 5. The number of allylic oxidation sites excluding steroid dienone is 1. The standard InChI is InChI=1S/C24H21ClN2O3S/c1-4-7-16-10-11-19-20(12-16)27(14-26-19)22-13-21(23(31-22)24(28)29-3)30-15(2)17-8-5-6-9-18(17)25/h4-6,8-15H,1,7H2,2-3H3/t15-/m1/s1. The number of carbonyl (C=O) groups excluding carboxylic acids is 1. The summed E-state index contributed by atoms with van der Waals surface area (Å²) in [4.78, 5) is 17.3. The molecule has 0 aliphatic carbocycles. The number of nitrogens with zero attached hydrogens (tertiary/aromatic N) is 2. The van der Waals surface area contributed by atoms with Crippen LogP contribution in [-0.2, 0) is 11.2 Å². The highest BCUT2D eigenvalue weighted by Crippen LogP contribution is 2.37. The average molecular weight is 453 g/mol. The minimum atomic E-state index is -0.450. The van der Waals surface area contributed by atoms with E-state index in [-0.39, 0.29) is 6.10 Å². The maximum absolute atomic E-state index is 12.5. The normalized spacial score (nSPS) is 12.0. The van der Waals surface area contributed by atoms with Crippen LogP contribution < -0.4 is 4.74 Å². The second-order valence-corrected chi connectivity index (χ2v) is 8.42. The molecule has 4 rings (SSSR count). The molecule has 5 nitrogen and oxygen atoms in total. The van der Waals surface area contributed by atoms with E-state index in [0.717, 1.165) is 33.6 Å². The van der Waals surface area contributed by atoms with Gasteiger partial charge >= 0.3 is 5.97 Å². The van der Waals surface area contributed by atoms with E-state index in [0.29, 0.717) is 15.6 Å². The summed E-state index contributed by atoms with van der Waals surface area (Å²) in [6.45, 7) is 5.71. The Kier molecular flexibility index (Phi) is 6.11. The van der Waals surface area contributed by atoms with Crippen LogP contribution >= 0.6 is 22.9 Å². The predicted molar refractivity (Wildman–Crippen MR) is 125 cm³/mol. The van der Waals surface area contributed by atoms with E-state index in [1.165, 1.54) is 18.4 Å². The van der Waals surface area contributed by atoms with Crippen LogP contribution in [-0.4, -0.2) is 22.6 Å². The van der Waals surface area contributed by atoms with Crippen LogP contribution in [0, 0.1) is 0 Å². The van der Waals surface area contributed by atoms with Gasteiger partial charge in [-0.1, -0.05) is 41.9 Å². The second kappa shape index (κ2) is 8.96. The fourth-order valence-corrected chi connectivity index (χ4v) is 4.67. The zero-order valence-corrected chi connectivity index (χ0v) is 18.7. The molecule has 0 aliphatic heterocycles. The van der Waals surface area contributed by atoms with Crippen molar-refractivity contribution in [2.24, 2.45) is 0 Å². The van der Waals surface area contributed by atoms with Crippen molar-refractivity contribution in [2.45, 2.75) is 19.4 Å². The molecule has 0 aliphatic rings. The molecule has 7 heteroatoms. The minimum absolute atomic E-state index is 0.349. The van der Waals surface area contributed by atoms with Crippen molar-refractivity contribution in [2.75, 3.05) is 7.11 Å². The summed E-state index contributed by atoms with van der Waals surface area (Å²) in [6, 6.07) is 15.4. The number of imidazole rings is 1. The number of fused-ring (bicyclic) bond motifs is 1. The monoisotopic (exact) mass is 452 g/mol. The number of rotatable bonds is 7. The Morgan fingerprint density at radius 2 is 2.10 bits per heavy atom. The van der Waals surface area contributed by atoms with Gasteiger partial charge in [0, 0.05) is 16.7 Å². The third-order valence-corrected chi connectivity index (χ3v) is 6.37. The Balaban J connectivity index is 1.75. The lowest BCUT2D eigenvalue weighted by atomic mass is 10.1. The first-order chi connectivity index (χ1) is 15.0. The Labute approximate surface area is 189 Å². The van der Waals surface area contributed by atoms with Gasteiger partial charge in [-0.2, -0.15) is 0 Å². The van der Waals surface area contributed by atoms with E-state index in [1.807, 2.05) is 60.0 Å². The molecular weight excluding hydrogens is 432 g/mol. The van der Waals surface area contributed by atoms with Crippen molar-refractivity contribution >= 4 is 39.9 Å². The predicted octanol–water partition coefficient (Wildman–Crippen LogP) is 6.40. The highest BCUT2D eigenvalue weighted by atomic mass is 35.5. The molecular formula is C24H21ClN2O3S. The molecule has 31 heavy (non-hydrogen) atoms. The van der Waals surface area contributed by atoms with Gasteiger partial charge in [-0.25, -0.2) is 9.78 Å². The van der Waals surface area contributed by atoms with Gasteiger partial charge in [0.15, 0.2) is 4.88 Å². The van der Waals surface area contributed by atoms with Crippen LogP contribution in [0.5, 0.6) is 5.75 Å². The highest BCUT2D eigenvalue weighted by molar-refractivity contribution is 7.16. The Morgan fingerprint density at radius 3 is 2.84 bits per heavy atom. The number of methoxy groups -OCH3 is 1. The van der Waals surface area contributed by atoms with Crippen LogP contribution in [0.4, 0.5) is 0 Å². The molecule has 1 atom stereocenters. The minimum Gasteiger partial charge on any atom is -0.484 e. The summed E-state index contributed by atoms with van der Waals surface area (Å²) in [5.74, 6) is -0.00209. The van der Waals surface area contributed by atoms with E-state index >= 15 is 0 Å². The highest BCUT2D eigenvalue weighted by Gasteiger charge is 2.23. The van der Waals surface area contributed by atoms with Crippen molar-refractivity contribution in [3.63, 3.8) is 0 Å². The van der Waals surface area contributed by atoms with Crippen molar-refractivity contribution in [1.29, 1.82) is 0 Å². The quantitative estimate of drug-likeness (QED) is 0.240. The van der Waals surface area contributed by atoms with Gasteiger partial charge in [-0.05, 0) is 37.1 Å². The number of halogens is 1. The molecule has 0 N–H and O–H groups in total. The Morgan fingerprint density at radius 1 is 1.29 bits per heavy atom.